The highest BCUT2D eigenvalue weighted by Crippen LogP contribution is 2.51. The number of halogens is 3. The number of nitrogens with zero attached hydrogens (tertiary/aromatic N) is 1. The molecule has 6 nitrogen and oxygen atoms in total. The second-order valence-electron chi connectivity index (χ2n) is 10.6. The van der Waals surface area contributed by atoms with Crippen molar-refractivity contribution in [3.8, 4) is 17.0 Å². The molecule has 3 aromatic rings. The highest BCUT2D eigenvalue weighted by Gasteiger charge is 2.45. The molecule has 5 rings (SSSR count). The third-order valence-electron chi connectivity index (χ3n) is 7.65. The number of rotatable bonds is 10. The number of benzene rings is 2. The second kappa shape index (κ2) is 12.1. The first-order valence-electron chi connectivity index (χ1n) is 13.3. The first-order chi connectivity index (χ1) is 19.6. The molecule has 2 aliphatic rings. The zero-order chi connectivity index (χ0) is 29.3. The van der Waals surface area contributed by atoms with Crippen LogP contribution in [0.2, 0.25) is 15.1 Å². The molecule has 0 atom stereocenters. The van der Waals surface area contributed by atoms with E-state index in [1.807, 2.05) is 6.08 Å². The summed E-state index contributed by atoms with van der Waals surface area (Å²) in [5, 5.41) is 17.0. The molecule has 0 unspecified atom stereocenters. The molecule has 41 heavy (non-hydrogen) atoms. The molecule has 0 radical (unpaired) electrons. The van der Waals surface area contributed by atoms with Crippen LogP contribution >= 0.6 is 34.8 Å². The minimum absolute atomic E-state index is 0.0968. The van der Waals surface area contributed by atoms with Crippen LogP contribution in [0.1, 0.15) is 55.4 Å². The van der Waals surface area contributed by atoms with Crippen molar-refractivity contribution >= 4 is 40.8 Å². The average molecular weight is 615 g/mol. The summed E-state index contributed by atoms with van der Waals surface area (Å²) in [6.07, 6.45) is 8.33. The van der Waals surface area contributed by atoms with Crippen molar-refractivity contribution in [2.24, 2.45) is 5.92 Å². The Labute approximate surface area is 254 Å². The van der Waals surface area contributed by atoms with Crippen LogP contribution in [0.3, 0.4) is 0 Å². The fraction of sp³-hybridized carbons (Fsp3) is 0.312. The third kappa shape index (κ3) is 6.26. The number of aromatic nitrogens is 1. The standard InChI is InChI=1S/C32H30Cl3NO5/c1-18(6-4-7-19(2)31(37)39-3)21-15-32(38,16-21)24-13-12-22(14-27(24)35)40-17-23-29(36-41-30(23)20-10-11-20)28-25(33)8-5-9-26(28)34/h4-9,12-14,20-21,38H,1,10-11,15-17H2,2-3H3/b6-4-,19-7+. The van der Waals surface area contributed by atoms with Crippen molar-refractivity contribution in [1.29, 1.82) is 0 Å². The number of hydrogen-bond donors (Lipinski definition) is 1. The van der Waals surface area contributed by atoms with Crippen LogP contribution in [0.4, 0.5) is 0 Å². The predicted molar refractivity (Wildman–Crippen MR) is 160 cm³/mol. The summed E-state index contributed by atoms with van der Waals surface area (Å²) >= 11 is 19.6. The van der Waals surface area contributed by atoms with E-state index in [9.17, 15) is 9.90 Å². The molecule has 0 saturated heterocycles. The van der Waals surface area contributed by atoms with E-state index < -0.39 is 5.60 Å². The van der Waals surface area contributed by atoms with Crippen molar-refractivity contribution in [3.05, 3.63) is 104 Å². The average Bonchev–Trinajstić information content (AvgIpc) is 3.69. The molecule has 1 N–H and O–H groups in total. The maximum Gasteiger partial charge on any atom is 0.333 e. The smallest absolute Gasteiger partial charge is 0.333 e. The first kappa shape index (κ1) is 29.5. The molecule has 1 aromatic heterocycles. The third-order valence-corrected chi connectivity index (χ3v) is 8.59. The molecule has 2 saturated carbocycles. The Hall–Kier alpha value is -3.03. The molecule has 0 aliphatic heterocycles. The number of methoxy groups -OCH3 is 1. The molecule has 2 fully saturated rings. The minimum atomic E-state index is -1.06. The van der Waals surface area contributed by atoms with Gasteiger partial charge in [0.05, 0.1) is 33.3 Å². The normalized spacial score (nSPS) is 20.6. The van der Waals surface area contributed by atoms with Gasteiger partial charge < -0.3 is 19.1 Å². The number of aliphatic hydroxyl groups is 1. The Morgan fingerprint density at radius 3 is 2.51 bits per heavy atom. The predicted octanol–water partition coefficient (Wildman–Crippen LogP) is 8.59. The Morgan fingerprint density at radius 2 is 1.88 bits per heavy atom. The zero-order valence-electron chi connectivity index (χ0n) is 22.8. The van der Waals surface area contributed by atoms with Crippen molar-refractivity contribution < 1.29 is 23.9 Å². The van der Waals surface area contributed by atoms with Crippen LogP contribution in [-0.2, 0) is 21.7 Å². The van der Waals surface area contributed by atoms with Gasteiger partial charge in [-0.2, -0.15) is 0 Å². The molecule has 214 valence electrons. The maximum atomic E-state index is 11.5. The highest BCUT2D eigenvalue weighted by molar-refractivity contribution is 6.39. The van der Waals surface area contributed by atoms with Crippen LogP contribution in [0.15, 0.2) is 76.9 Å². The number of esters is 1. The van der Waals surface area contributed by atoms with Gasteiger partial charge in [0.25, 0.3) is 0 Å². The molecule has 0 bridgehead atoms. The largest absolute Gasteiger partial charge is 0.489 e. The lowest BCUT2D eigenvalue weighted by atomic mass is 9.65. The summed E-state index contributed by atoms with van der Waals surface area (Å²) in [6, 6.07) is 10.6. The van der Waals surface area contributed by atoms with Gasteiger partial charge in [0, 0.05) is 22.6 Å². The summed E-state index contributed by atoms with van der Waals surface area (Å²) < 4.78 is 16.6. The number of carbonyl (C=O) groups is 1. The summed E-state index contributed by atoms with van der Waals surface area (Å²) in [5.41, 5.74) is 2.95. The first-order valence-corrected chi connectivity index (χ1v) is 14.4. The van der Waals surface area contributed by atoms with Crippen LogP contribution < -0.4 is 4.74 Å². The SMILES string of the molecule is C=C(/C=C\C=C(/C)C(=O)OC)C1CC(O)(c2ccc(OCc3c(-c4c(Cl)cccc4Cl)noc3C3CC3)cc2Cl)C1. The summed E-state index contributed by atoms with van der Waals surface area (Å²) in [5.74, 6) is 1.37. The Balaban J connectivity index is 1.26. The number of allylic oxidation sites excluding steroid dienone is 4. The molecule has 0 spiro atoms. The summed E-state index contributed by atoms with van der Waals surface area (Å²) in [4.78, 5) is 11.5. The van der Waals surface area contributed by atoms with E-state index in [2.05, 4.69) is 11.7 Å². The number of carbonyl (C=O) groups excluding carboxylic acids is 1. The highest BCUT2D eigenvalue weighted by atomic mass is 35.5. The van der Waals surface area contributed by atoms with Gasteiger partial charge in [0.2, 0.25) is 0 Å². The second-order valence-corrected chi connectivity index (χ2v) is 11.8. The Bertz CT molecular complexity index is 1530. The van der Waals surface area contributed by atoms with E-state index in [1.165, 1.54) is 7.11 Å². The molecule has 1 heterocycles. The lowest BCUT2D eigenvalue weighted by molar-refractivity contribution is -0.136. The Kier molecular flexibility index (Phi) is 8.67. The fourth-order valence-corrected chi connectivity index (χ4v) is 6.01. The quantitative estimate of drug-likeness (QED) is 0.140. The monoisotopic (exact) mass is 613 g/mol. The van der Waals surface area contributed by atoms with Gasteiger partial charge >= 0.3 is 5.97 Å². The van der Waals surface area contributed by atoms with Crippen molar-refractivity contribution in [2.45, 2.75) is 50.7 Å². The molecule has 9 heteroatoms. The topological polar surface area (TPSA) is 81.8 Å². The molecule has 0 amide bonds. The van der Waals surface area contributed by atoms with Gasteiger partial charge in [-0.25, -0.2) is 4.79 Å². The van der Waals surface area contributed by atoms with Crippen LogP contribution in [-0.4, -0.2) is 23.3 Å². The van der Waals surface area contributed by atoms with Crippen LogP contribution in [0.5, 0.6) is 5.75 Å². The van der Waals surface area contributed by atoms with Crippen LogP contribution in [0.25, 0.3) is 11.3 Å². The lowest BCUT2D eigenvalue weighted by Crippen LogP contribution is -2.41. The molecular weight excluding hydrogens is 585 g/mol. The van der Waals surface area contributed by atoms with Crippen molar-refractivity contribution in [1.82, 2.24) is 5.16 Å². The van der Waals surface area contributed by atoms with E-state index >= 15 is 0 Å². The Morgan fingerprint density at radius 1 is 1.17 bits per heavy atom. The minimum Gasteiger partial charge on any atom is -0.489 e. The van der Waals surface area contributed by atoms with E-state index in [0.29, 0.717) is 62.0 Å². The number of ether oxygens (including phenoxy) is 2. The van der Waals surface area contributed by atoms with Gasteiger partial charge in [0.1, 0.15) is 23.8 Å². The van der Waals surface area contributed by atoms with Gasteiger partial charge in [-0.3, -0.25) is 0 Å². The fourth-order valence-electron chi connectivity index (χ4n) is 5.09. The van der Waals surface area contributed by atoms with Crippen molar-refractivity contribution in [2.75, 3.05) is 7.11 Å². The molecule has 2 aliphatic carbocycles. The zero-order valence-corrected chi connectivity index (χ0v) is 25.0. The molecular formula is C32H30Cl3NO5. The van der Waals surface area contributed by atoms with E-state index in [1.54, 1.807) is 55.5 Å². The van der Waals surface area contributed by atoms with E-state index in [0.717, 1.165) is 29.7 Å². The van der Waals surface area contributed by atoms with E-state index in [-0.39, 0.29) is 18.5 Å². The van der Waals surface area contributed by atoms with Gasteiger partial charge in [-0.15, -0.1) is 0 Å². The number of hydrogen-bond acceptors (Lipinski definition) is 6. The van der Waals surface area contributed by atoms with Gasteiger partial charge in [0.15, 0.2) is 0 Å². The van der Waals surface area contributed by atoms with E-state index in [4.69, 9.17) is 48.8 Å². The lowest BCUT2D eigenvalue weighted by Gasteiger charge is -2.45. The molecule has 2 aromatic carbocycles. The maximum absolute atomic E-state index is 11.5. The van der Waals surface area contributed by atoms with Gasteiger partial charge in [-0.1, -0.05) is 82.5 Å². The van der Waals surface area contributed by atoms with Crippen LogP contribution in [0, 0.1) is 5.92 Å². The summed E-state index contributed by atoms with van der Waals surface area (Å²) in [6.45, 7) is 6.00. The summed E-state index contributed by atoms with van der Waals surface area (Å²) in [7, 11) is 1.34. The van der Waals surface area contributed by atoms with Crippen molar-refractivity contribution in [3.63, 3.8) is 0 Å². The van der Waals surface area contributed by atoms with Gasteiger partial charge in [-0.05, 0) is 62.8 Å².